The van der Waals surface area contributed by atoms with Crippen LogP contribution in [0.15, 0.2) is 29.2 Å². The smallest absolute Gasteiger partial charge is 0.335 e. The van der Waals surface area contributed by atoms with E-state index in [1.165, 1.54) is 31.2 Å². The third kappa shape index (κ3) is 4.83. The summed E-state index contributed by atoms with van der Waals surface area (Å²) in [4.78, 5) is 22.3. The molecule has 0 saturated heterocycles. The van der Waals surface area contributed by atoms with E-state index >= 15 is 0 Å². The van der Waals surface area contributed by atoms with Crippen molar-refractivity contribution in [3.8, 4) is 0 Å². The van der Waals surface area contributed by atoms with Gasteiger partial charge in [0.1, 0.15) is 0 Å². The van der Waals surface area contributed by atoms with Gasteiger partial charge in [-0.25, -0.2) is 13.2 Å². The lowest BCUT2D eigenvalue weighted by Crippen LogP contribution is -2.44. The van der Waals surface area contributed by atoms with Crippen molar-refractivity contribution in [2.24, 2.45) is 0 Å². The molecule has 1 aromatic rings. The van der Waals surface area contributed by atoms with Crippen molar-refractivity contribution in [2.45, 2.75) is 31.2 Å². The lowest BCUT2D eigenvalue weighted by Gasteiger charge is -2.14. The fraction of sp³-hybridized carbons (Fsp3) is 0.385. The molecule has 0 bridgehead atoms. The molecule has 0 aliphatic carbocycles. The second-order valence-electron chi connectivity index (χ2n) is 4.46. The van der Waals surface area contributed by atoms with Crippen molar-refractivity contribution in [3.63, 3.8) is 0 Å². The fourth-order valence-electron chi connectivity index (χ4n) is 1.53. The van der Waals surface area contributed by atoms with Crippen molar-refractivity contribution in [3.05, 3.63) is 29.8 Å². The Kier molecular flexibility index (Phi) is 5.86. The first-order valence-electron chi connectivity index (χ1n) is 6.41. The van der Waals surface area contributed by atoms with E-state index in [1.54, 1.807) is 0 Å². The van der Waals surface area contributed by atoms with Gasteiger partial charge in [-0.05, 0) is 37.6 Å². The highest BCUT2D eigenvalue weighted by Crippen LogP contribution is 2.11. The lowest BCUT2D eigenvalue weighted by molar-refractivity contribution is -0.122. The highest BCUT2D eigenvalue weighted by Gasteiger charge is 2.21. The van der Waals surface area contributed by atoms with Gasteiger partial charge in [-0.15, -0.1) is 0 Å². The van der Waals surface area contributed by atoms with Crippen LogP contribution in [0.2, 0.25) is 0 Å². The normalized spacial score (nSPS) is 12.7. The Morgan fingerprint density at radius 1 is 1.24 bits per heavy atom. The monoisotopic (exact) mass is 314 g/mol. The van der Waals surface area contributed by atoms with Crippen molar-refractivity contribution >= 4 is 21.9 Å². The summed E-state index contributed by atoms with van der Waals surface area (Å²) in [5.41, 5.74) is -0.0114. The van der Waals surface area contributed by atoms with Crippen LogP contribution in [0, 0.1) is 0 Å². The number of nitrogens with one attached hydrogen (secondary N) is 2. The molecule has 1 amide bonds. The lowest BCUT2D eigenvalue weighted by atomic mass is 10.2. The largest absolute Gasteiger partial charge is 0.478 e. The Balaban J connectivity index is 2.81. The number of carbonyl (C=O) groups is 2. The molecular weight excluding hydrogens is 296 g/mol. The number of benzene rings is 1. The van der Waals surface area contributed by atoms with Gasteiger partial charge in [0.05, 0.1) is 16.5 Å². The number of amides is 1. The van der Waals surface area contributed by atoms with E-state index in [2.05, 4.69) is 10.0 Å². The number of aromatic carboxylic acids is 1. The zero-order valence-corrected chi connectivity index (χ0v) is 12.6. The number of rotatable bonds is 7. The Hall–Kier alpha value is -1.93. The predicted molar refractivity (Wildman–Crippen MR) is 76.5 cm³/mol. The van der Waals surface area contributed by atoms with E-state index in [9.17, 15) is 18.0 Å². The number of hydrogen-bond acceptors (Lipinski definition) is 4. The van der Waals surface area contributed by atoms with Crippen LogP contribution in [0.1, 0.15) is 30.6 Å². The quantitative estimate of drug-likeness (QED) is 0.681. The summed E-state index contributed by atoms with van der Waals surface area (Å²) in [6.45, 7) is 3.80. The van der Waals surface area contributed by atoms with Crippen LogP contribution in [0.25, 0.3) is 0 Å². The summed E-state index contributed by atoms with van der Waals surface area (Å²) >= 11 is 0. The standard InChI is InChI=1S/C13H18N2O5S/c1-3-8-14-12(16)9(2)15-21(19,20)11-6-4-10(5-7-11)13(17)18/h4-7,9,15H,3,8H2,1-2H3,(H,14,16)(H,17,18). The van der Waals surface area contributed by atoms with Crippen LogP contribution in [-0.2, 0) is 14.8 Å². The number of carboxylic acid groups (broad SMARTS) is 1. The van der Waals surface area contributed by atoms with Gasteiger partial charge in [-0.1, -0.05) is 6.92 Å². The molecule has 1 rings (SSSR count). The van der Waals surface area contributed by atoms with Crippen LogP contribution in [-0.4, -0.2) is 38.0 Å². The molecule has 0 aliphatic rings. The minimum atomic E-state index is -3.88. The van der Waals surface area contributed by atoms with Crippen LogP contribution in [0.5, 0.6) is 0 Å². The number of carboxylic acids is 1. The van der Waals surface area contributed by atoms with Gasteiger partial charge in [-0.3, -0.25) is 4.79 Å². The second-order valence-corrected chi connectivity index (χ2v) is 6.18. The van der Waals surface area contributed by atoms with Crippen molar-refractivity contribution in [1.29, 1.82) is 0 Å². The molecule has 8 heteroatoms. The average Bonchev–Trinajstić information content (AvgIpc) is 2.44. The maximum absolute atomic E-state index is 12.1. The molecule has 0 spiro atoms. The molecule has 0 aliphatic heterocycles. The van der Waals surface area contributed by atoms with E-state index in [-0.39, 0.29) is 10.5 Å². The molecule has 0 heterocycles. The summed E-state index contributed by atoms with van der Waals surface area (Å²) in [5.74, 6) is -1.55. The molecule has 1 unspecified atom stereocenters. The Labute approximate surface area is 123 Å². The third-order valence-corrected chi connectivity index (χ3v) is 4.24. The number of sulfonamides is 1. The van der Waals surface area contributed by atoms with E-state index in [1.807, 2.05) is 6.92 Å². The first-order chi connectivity index (χ1) is 9.77. The first kappa shape index (κ1) is 17.1. The minimum Gasteiger partial charge on any atom is -0.478 e. The molecular formula is C13H18N2O5S. The zero-order chi connectivity index (χ0) is 16.0. The van der Waals surface area contributed by atoms with Crippen molar-refractivity contribution in [2.75, 3.05) is 6.54 Å². The third-order valence-electron chi connectivity index (χ3n) is 2.69. The molecule has 21 heavy (non-hydrogen) atoms. The zero-order valence-electron chi connectivity index (χ0n) is 11.8. The van der Waals surface area contributed by atoms with Crippen LogP contribution < -0.4 is 10.0 Å². The summed E-state index contributed by atoms with van der Waals surface area (Å²) in [7, 11) is -3.88. The molecule has 7 nitrogen and oxygen atoms in total. The van der Waals surface area contributed by atoms with Crippen LogP contribution in [0.4, 0.5) is 0 Å². The molecule has 0 fully saturated rings. The topological polar surface area (TPSA) is 113 Å². The highest BCUT2D eigenvalue weighted by atomic mass is 32.2. The summed E-state index contributed by atoms with van der Waals surface area (Å²) in [6.07, 6.45) is 0.752. The van der Waals surface area contributed by atoms with E-state index in [0.29, 0.717) is 6.54 Å². The first-order valence-corrected chi connectivity index (χ1v) is 7.89. The molecule has 0 saturated carbocycles. The second kappa shape index (κ2) is 7.19. The molecule has 1 atom stereocenters. The van der Waals surface area contributed by atoms with Crippen LogP contribution in [0.3, 0.4) is 0 Å². The van der Waals surface area contributed by atoms with Gasteiger partial charge >= 0.3 is 5.97 Å². The summed E-state index contributed by atoms with van der Waals surface area (Å²) < 4.78 is 26.4. The Bertz CT molecular complexity index is 610. The minimum absolute atomic E-state index is 0.0114. The Morgan fingerprint density at radius 2 is 1.81 bits per heavy atom. The average molecular weight is 314 g/mol. The summed E-state index contributed by atoms with van der Waals surface area (Å²) in [5, 5.41) is 11.3. The van der Waals surface area contributed by atoms with E-state index in [4.69, 9.17) is 5.11 Å². The highest BCUT2D eigenvalue weighted by molar-refractivity contribution is 7.89. The van der Waals surface area contributed by atoms with Gasteiger partial charge in [0, 0.05) is 6.54 Å². The Morgan fingerprint density at radius 3 is 2.29 bits per heavy atom. The molecule has 0 radical (unpaired) electrons. The number of hydrogen-bond donors (Lipinski definition) is 3. The molecule has 116 valence electrons. The SMILES string of the molecule is CCCNC(=O)C(C)NS(=O)(=O)c1ccc(C(=O)O)cc1. The van der Waals surface area contributed by atoms with Crippen LogP contribution >= 0.6 is 0 Å². The molecule has 1 aromatic carbocycles. The maximum atomic E-state index is 12.1. The fourth-order valence-corrected chi connectivity index (χ4v) is 2.74. The van der Waals surface area contributed by atoms with Gasteiger partial charge in [0.15, 0.2) is 0 Å². The maximum Gasteiger partial charge on any atom is 0.335 e. The van der Waals surface area contributed by atoms with Gasteiger partial charge in [0.2, 0.25) is 15.9 Å². The summed E-state index contributed by atoms with van der Waals surface area (Å²) in [6, 6.07) is 3.84. The van der Waals surface area contributed by atoms with Crippen molar-refractivity contribution in [1.82, 2.24) is 10.0 Å². The number of carbonyl (C=O) groups excluding carboxylic acids is 1. The van der Waals surface area contributed by atoms with E-state index < -0.39 is 27.9 Å². The van der Waals surface area contributed by atoms with Gasteiger partial charge in [-0.2, -0.15) is 4.72 Å². The predicted octanol–water partition coefficient (Wildman–Crippen LogP) is 0.578. The van der Waals surface area contributed by atoms with Gasteiger partial charge < -0.3 is 10.4 Å². The van der Waals surface area contributed by atoms with Crippen molar-refractivity contribution < 1.29 is 23.1 Å². The van der Waals surface area contributed by atoms with E-state index in [0.717, 1.165) is 6.42 Å². The molecule has 0 aromatic heterocycles. The van der Waals surface area contributed by atoms with Gasteiger partial charge in [0.25, 0.3) is 0 Å². The molecule has 3 N–H and O–H groups in total.